The predicted octanol–water partition coefficient (Wildman–Crippen LogP) is 6.59. The molecule has 1 aromatic rings. The molecule has 0 radical (unpaired) electrons. The molecule has 0 unspecified atom stereocenters. The van der Waals surface area contributed by atoms with Gasteiger partial charge in [-0.3, -0.25) is 4.79 Å². The summed E-state index contributed by atoms with van der Waals surface area (Å²) < 4.78 is 12.7. The number of rotatable bonds is 1. The van der Waals surface area contributed by atoms with Crippen molar-refractivity contribution < 1.29 is 19.4 Å². The molecule has 0 spiro atoms. The lowest BCUT2D eigenvalue weighted by atomic mass is 9.37. The fourth-order valence-corrected chi connectivity index (χ4v) is 9.50. The van der Waals surface area contributed by atoms with E-state index in [0.29, 0.717) is 23.5 Å². The third-order valence-electron chi connectivity index (χ3n) is 10.9. The monoisotopic (exact) mass is 454 g/mol. The van der Waals surface area contributed by atoms with E-state index in [2.05, 4.69) is 34.6 Å². The molecule has 1 N–H and O–H groups in total. The minimum Gasteiger partial charge on any atom is -0.508 e. The SMILES string of the molecule is CC(=O)O[C@H]1CC[C@]2(C)[C@@H]3CC[C@]4(C)Oc5c(C)cc(O)cc5C[C@H]4[C@]3(C)CC[C@H]2C1(C)C. The Morgan fingerprint density at radius 2 is 1.61 bits per heavy atom. The van der Waals surface area contributed by atoms with Crippen LogP contribution < -0.4 is 4.74 Å². The molecule has 7 atom stereocenters. The average Bonchev–Trinajstić information content (AvgIpc) is 2.69. The lowest BCUT2D eigenvalue weighted by Crippen LogP contribution is -2.66. The molecule has 0 saturated heterocycles. The first-order valence-electron chi connectivity index (χ1n) is 13.0. The van der Waals surface area contributed by atoms with Crippen LogP contribution in [0.2, 0.25) is 0 Å². The third kappa shape index (κ3) is 3.18. The quantitative estimate of drug-likeness (QED) is 0.486. The largest absolute Gasteiger partial charge is 0.508 e. The van der Waals surface area contributed by atoms with Crippen LogP contribution in [0.1, 0.15) is 91.2 Å². The molecule has 1 heterocycles. The van der Waals surface area contributed by atoms with Crippen molar-refractivity contribution >= 4 is 5.97 Å². The van der Waals surface area contributed by atoms with Crippen molar-refractivity contribution in [3.8, 4) is 11.5 Å². The molecule has 4 heteroatoms. The molecule has 3 aliphatic carbocycles. The number of hydrogen-bond donors (Lipinski definition) is 1. The minimum absolute atomic E-state index is 0.0146. The number of carbonyl (C=O) groups excluding carboxylic acids is 1. The predicted molar refractivity (Wildman–Crippen MR) is 129 cm³/mol. The highest BCUT2D eigenvalue weighted by Crippen LogP contribution is 2.71. The van der Waals surface area contributed by atoms with Crippen molar-refractivity contribution in [1.29, 1.82) is 0 Å². The van der Waals surface area contributed by atoms with Crippen LogP contribution in [0.25, 0.3) is 0 Å². The zero-order valence-electron chi connectivity index (χ0n) is 21.6. The van der Waals surface area contributed by atoms with Gasteiger partial charge in [-0.05, 0) is 105 Å². The van der Waals surface area contributed by atoms with E-state index in [1.165, 1.54) is 24.8 Å². The Balaban J connectivity index is 1.51. The molecule has 3 fully saturated rings. The Kier molecular flexibility index (Phi) is 4.99. The maximum Gasteiger partial charge on any atom is 0.302 e. The number of phenols is 1. The Hall–Kier alpha value is -1.71. The summed E-state index contributed by atoms with van der Waals surface area (Å²) in [5.74, 6) is 2.80. The molecule has 182 valence electrons. The smallest absolute Gasteiger partial charge is 0.302 e. The van der Waals surface area contributed by atoms with Gasteiger partial charge < -0.3 is 14.6 Å². The van der Waals surface area contributed by atoms with E-state index in [9.17, 15) is 9.90 Å². The minimum atomic E-state index is -0.159. The maximum atomic E-state index is 11.8. The molecule has 4 aliphatic rings. The summed E-state index contributed by atoms with van der Waals surface area (Å²) >= 11 is 0. The van der Waals surface area contributed by atoms with E-state index in [1.807, 2.05) is 19.1 Å². The number of phenolic OH excluding ortho intramolecular Hbond substituents is 1. The van der Waals surface area contributed by atoms with Crippen LogP contribution in [0.15, 0.2) is 12.1 Å². The van der Waals surface area contributed by atoms with E-state index in [0.717, 1.165) is 37.0 Å². The van der Waals surface area contributed by atoms with E-state index < -0.39 is 0 Å². The van der Waals surface area contributed by atoms with E-state index in [4.69, 9.17) is 9.47 Å². The molecule has 0 bridgehead atoms. The van der Waals surface area contributed by atoms with Crippen LogP contribution in [-0.2, 0) is 16.0 Å². The highest BCUT2D eigenvalue weighted by Gasteiger charge is 2.67. The number of fused-ring (bicyclic) bond motifs is 6. The van der Waals surface area contributed by atoms with Gasteiger partial charge in [0.25, 0.3) is 0 Å². The van der Waals surface area contributed by atoms with Crippen LogP contribution in [0.5, 0.6) is 11.5 Å². The number of aromatic hydroxyl groups is 1. The van der Waals surface area contributed by atoms with Gasteiger partial charge in [0.1, 0.15) is 23.2 Å². The summed E-state index contributed by atoms with van der Waals surface area (Å²) in [6.45, 7) is 15.7. The third-order valence-corrected chi connectivity index (χ3v) is 10.9. The number of benzene rings is 1. The van der Waals surface area contributed by atoms with Gasteiger partial charge in [-0.1, -0.05) is 27.7 Å². The maximum absolute atomic E-state index is 11.8. The second kappa shape index (κ2) is 7.15. The van der Waals surface area contributed by atoms with E-state index >= 15 is 0 Å². The van der Waals surface area contributed by atoms with E-state index in [1.54, 1.807) is 6.92 Å². The Bertz CT molecular complexity index is 982. The number of hydrogen-bond acceptors (Lipinski definition) is 4. The van der Waals surface area contributed by atoms with Gasteiger partial charge in [-0.15, -0.1) is 0 Å². The molecule has 1 aliphatic heterocycles. The van der Waals surface area contributed by atoms with Crippen LogP contribution in [0, 0.1) is 40.9 Å². The van der Waals surface area contributed by atoms with Gasteiger partial charge >= 0.3 is 5.97 Å². The van der Waals surface area contributed by atoms with Gasteiger partial charge in [-0.25, -0.2) is 0 Å². The standard InChI is InChI=1S/C29H42O4/c1-17-14-20(31)15-19-16-23-28(6)11-8-21-26(3,4)24(32-18(2)30)10-12-27(21,5)22(28)9-13-29(23,7)33-25(17)19/h14-15,21-24,31H,8-13,16H2,1-7H3/t21-,22-,23-,24-,27-,28+,29-/m0/s1. The summed E-state index contributed by atoms with van der Waals surface area (Å²) in [5, 5.41) is 10.3. The highest BCUT2D eigenvalue weighted by atomic mass is 16.5. The van der Waals surface area contributed by atoms with Crippen LogP contribution in [0.3, 0.4) is 0 Å². The molecular formula is C29H42O4. The molecule has 5 rings (SSSR count). The van der Waals surface area contributed by atoms with Crippen molar-refractivity contribution in [2.45, 2.75) is 105 Å². The van der Waals surface area contributed by atoms with Gasteiger partial charge in [-0.2, -0.15) is 0 Å². The first-order valence-corrected chi connectivity index (χ1v) is 13.0. The first kappa shape index (κ1) is 23.1. The number of aryl methyl sites for hydroxylation is 1. The zero-order chi connectivity index (χ0) is 24.0. The van der Waals surface area contributed by atoms with Gasteiger partial charge in [0, 0.05) is 18.3 Å². The van der Waals surface area contributed by atoms with Crippen molar-refractivity contribution in [2.75, 3.05) is 0 Å². The Morgan fingerprint density at radius 3 is 2.30 bits per heavy atom. The molecule has 4 nitrogen and oxygen atoms in total. The number of esters is 1. The number of carbonyl (C=O) groups is 1. The van der Waals surface area contributed by atoms with Crippen LogP contribution in [0.4, 0.5) is 0 Å². The lowest BCUT2D eigenvalue weighted by molar-refractivity contribution is -0.228. The van der Waals surface area contributed by atoms with Crippen molar-refractivity contribution in [3.63, 3.8) is 0 Å². The zero-order valence-corrected chi connectivity index (χ0v) is 21.6. The molecule has 0 aromatic heterocycles. The van der Waals surface area contributed by atoms with E-state index in [-0.39, 0.29) is 33.9 Å². The van der Waals surface area contributed by atoms with Gasteiger partial charge in [0.15, 0.2) is 0 Å². The highest BCUT2D eigenvalue weighted by molar-refractivity contribution is 5.66. The van der Waals surface area contributed by atoms with Crippen LogP contribution >= 0.6 is 0 Å². The fraction of sp³-hybridized carbons (Fsp3) is 0.759. The van der Waals surface area contributed by atoms with Crippen LogP contribution in [-0.4, -0.2) is 22.8 Å². The second-order valence-corrected chi connectivity index (χ2v) is 13.1. The Morgan fingerprint density at radius 1 is 0.970 bits per heavy atom. The van der Waals surface area contributed by atoms with Crippen molar-refractivity contribution in [2.24, 2.45) is 34.0 Å². The molecule has 3 saturated carbocycles. The molecule has 1 aromatic carbocycles. The summed E-state index contributed by atoms with van der Waals surface area (Å²) in [7, 11) is 0. The molecule has 0 amide bonds. The van der Waals surface area contributed by atoms with Crippen molar-refractivity contribution in [3.05, 3.63) is 23.3 Å². The fourth-order valence-electron chi connectivity index (χ4n) is 9.50. The average molecular weight is 455 g/mol. The summed E-state index contributed by atoms with van der Waals surface area (Å²) in [4.78, 5) is 11.8. The summed E-state index contributed by atoms with van der Waals surface area (Å²) in [5.41, 5.74) is 2.47. The lowest BCUT2D eigenvalue weighted by Gasteiger charge is -2.69. The topological polar surface area (TPSA) is 55.8 Å². The summed E-state index contributed by atoms with van der Waals surface area (Å²) in [6, 6.07) is 3.75. The van der Waals surface area contributed by atoms with Crippen molar-refractivity contribution in [1.82, 2.24) is 0 Å². The molecule has 33 heavy (non-hydrogen) atoms. The first-order chi connectivity index (χ1) is 15.3. The van der Waals surface area contributed by atoms with Gasteiger partial charge in [0.2, 0.25) is 0 Å². The second-order valence-electron chi connectivity index (χ2n) is 13.1. The van der Waals surface area contributed by atoms with Gasteiger partial charge in [0.05, 0.1) is 0 Å². The normalized spacial score (nSPS) is 43.2. The summed E-state index contributed by atoms with van der Waals surface area (Å²) in [6.07, 6.45) is 7.71. The Labute approximate surface area is 199 Å². The molecular weight excluding hydrogens is 412 g/mol. The number of ether oxygens (including phenoxy) is 2.